The molecule has 0 fully saturated rings. The van der Waals surface area contributed by atoms with E-state index in [0.717, 1.165) is 15.2 Å². The van der Waals surface area contributed by atoms with Crippen LogP contribution >= 0.6 is 27.5 Å². The molecule has 0 bridgehead atoms. The zero-order chi connectivity index (χ0) is 24.8. The van der Waals surface area contributed by atoms with Gasteiger partial charge in [0.2, 0.25) is 0 Å². The Kier molecular flexibility index (Phi) is 7.80. The van der Waals surface area contributed by atoms with Gasteiger partial charge in [-0.05, 0) is 72.3 Å². The summed E-state index contributed by atoms with van der Waals surface area (Å²) in [6.45, 7) is 1.63. The molecule has 0 spiro atoms. The van der Waals surface area contributed by atoms with Crippen molar-refractivity contribution in [2.75, 3.05) is 0 Å². The quantitative estimate of drug-likeness (QED) is 0.125. The van der Waals surface area contributed by atoms with Crippen LogP contribution in [0.1, 0.15) is 22.8 Å². The summed E-state index contributed by atoms with van der Waals surface area (Å²) < 4.78 is 12.2. The van der Waals surface area contributed by atoms with Crippen LogP contribution in [-0.4, -0.2) is 24.2 Å². The molecule has 0 aliphatic carbocycles. The van der Waals surface area contributed by atoms with Gasteiger partial charge in [-0.3, -0.25) is 4.79 Å². The van der Waals surface area contributed by atoms with E-state index in [0.29, 0.717) is 27.6 Å². The van der Waals surface area contributed by atoms with E-state index in [2.05, 4.69) is 26.5 Å². The van der Waals surface area contributed by atoms with E-state index in [1.807, 2.05) is 42.5 Å². The van der Waals surface area contributed by atoms with Gasteiger partial charge in [0.1, 0.15) is 11.5 Å². The first kappa shape index (κ1) is 24.4. The third-order valence-corrected chi connectivity index (χ3v) is 5.86. The van der Waals surface area contributed by atoms with E-state index in [1.165, 1.54) is 6.21 Å². The molecule has 0 radical (unpaired) electrons. The molecule has 0 saturated heterocycles. The van der Waals surface area contributed by atoms with Gasteiger partial charge in [-0.25, -0.2) is 10.2 Å². The van der Waals surface area contributed by atoms with Crippen molar-refractivity contribution < 1.29 is 19.1 Å². The predicted molar refractivity (Wildman–Crippen MR) is 140 cm³/mol. The lowest BCUT2D eigenvalue weighted by molar-refractivity contribution is -0.127. The van der Waals surface area contributed by atoms with Crippen LogP contribution in [0.2, 0.25) is 5.02 Å². The molecule has 8 heteroatoms. The van der Waals surface area contributed by atoms with Gasteiger partial charge in [-0.2, -0.15) is 5.10 Å². The summed E-state index contributed by atoms with van der Waals surface area (Å²) in [4.78, 5) is 25.2. The zero-order valence-electron chi connectivity index (χ0n) is 18.6. The second-order valence-electron chi connectivity index (χ2n) is 7.54. The van der Waals surface area contributed by atoms with Crippen LogP contribution in [0, 0.1) is 0 Å². The van der Waals surface area contributed by atoms with E-state index in [-0.39, 0.29) is 0 Å². The highest BCUT2D eigenvalue weighted by Crippen LogP contribution is 2.27. The number of ether oxygens (including phenoxy) is 2. The summed E-state index contributed by atoms with van der Waals surface area (Å²) in [5.41, 5.74) is 3.39. The number of fused-ring (bicyclic) bond motifs is 1. The molecule has 0 aliphatic rings. The van der Waals surface area contributed by atoms with Crippen LogP contribution in [-0.2, 0) is 4.79 Å². The van der Waals surface area contributed by atoms with Crippen molar-refractivity contribution in [2.24, 2.45) is 5.10 Å². The molecule has 4 aromatic rings. The van der Waals surface area contributed by atoms with E-state index in [1.54, 1.807) is 49.4 Å². The first-order chi connectivity index (χ1) is 16.9. The molecule has 1 atom stereocenters. The lowest BCUT2D eigenvalue weighted by atomic mass is 10.0. The molecule has 35 heavy (non-hydrogen) atoms. The normalized spacial score (nSPS) is 11.9. The average molecular weight is 552 g/mol. The molecule has 0 aliphatic heterocycles. The minimum atomic E-state index is -0.775. The van der Waals surface area contributed by atoms with Gasteiger partial charge in [0, 0.05) is 15.1 Å². The molecule has 4 aromatic carbocycles. The topological polar surface area (TPSA) is 77.0 Å². The SMILES string of the molecule is C[C@@H](Oc1ccc(Br)cc1)C(=O)N/N=C\c1c(OC(=O)c2ccc(Cl)cc2)ccc2ccccc12. The summed E-state index contributed by atoms with van der Waals surface area (Å²) >= 11 is 9.27. The summed E-state index contributed by atoms with van der Waals surface area (Å²) in [6, 6.07) is 24.7. The predicted octanol–water partition coefficient (Wildman–Crippen LogP) is 6.39. The largest absolute Gasteiger partial charge is 0.481 e. The maximum atomic E-state index is 12.7. The van der Waals surface area contributed by atoms with Crippen LogP contribution < -0.4 is 14.9 Å². The Morgan fingerprint density at radius 2 is 1.69 bits per heavy atom. The van der Waals surface area contributed by atoms with E-state index < -0.39 is 18.0 Å². The molecule has 6 nitrogen and oxygen atoms in total. The number of hydrogen-bond donors (Lipinski definition) is 1. The number of carbonyl (C=O) groups excluding carboxylic acids is 2. The number of carbonyl (C=O) groups is 2. The van der Waals surface area contributed by atoms with Crippen molar-refractivity contribution in [3.63, 3.8) is 0 Å². The number of benzene rings is 4. The monoisotopic (exact) mass is 550 g/mol. The van der Waals surface area contributed by atoms with Crippen molar-refractivity contribution in [2.45, 2.75) is 13.0 Å². The highest BCUT2D eigenvalue weighted by atomic mass is 79.9. The zero-order valence-corrected chi connectivity index (χ0v) is 20.9. The second kappa shape index (κ2) is 11.2. The van der Waals surface area contributed by atoms with Gasteiger partial charge >= 0.3 is 5.97 Å². The molecular weight excluding hydrogens is 532 g/mol. The average Bonchev–Trinajstić information content (AvgIpc) is 2.86. The maximum absolute atomic E-state index is 12.7. The fraction of sp³-hybridized carbons (Fsp3) is 0.0741. The Labute approximate surface area is 215 Å². The number of rotatable bonds is 7. The van der Waals surface area contributed by atoms with Crippen LogP contribution in [0.5, 0.6) is 11.5 Å². The van der Waals surface area contributed by atoms with E-state index in [4.69, 9.17) is 21.1 Å². The third kappa shape index (κ3) is 6.26. The van der Waals surface area contributed by atoms with Gasteiger partial charge in [-0.1, -0.05) is 57.9 Å². The van der Waals surface area contributed by atoms with Gasteiger partial charge in [0.25, 0.3) is 5.91 Å². The summed E-state index contributed by atoms with van der Waals surface area (Å²) in [6.07, 6.45) is 0.680. The Morgan fingerprint density at radius 3 is 2.43 bits per heavy atom. The molecule has 176 valence electrons. The Balaban J connectivity index is 1.52. The lowest BCUT2D eigenvalue weighted by Gasteiger charge is -2.13. The van der Waals surface area contributed by atoms with Gasteiger partial charge < -0.3 is 9.47 Å². The van der Waals surface area contributed by atoms with Crippen molar-refractivity contribution in [1.29, 1.82) is 0 Å². The number of nitrogens with zero attached hydrogens (tertiary/aromatic N) is 1. The number of amides is 1. The minimum absolute atomic E-state index is 0.306. The van der Waals surface area contributed by atoms with Crippen LogP contribution in [0.4, 0.5) is 0 Å². The molecule has 0 heterocycles. The van der Waals surface area contributed by atoms with Gasteiger partial charge in [0.15, 0.2) is 6.10 Å². The minimum Gasteiger partial charge on any atom is -0.481 e. The number of halogens is 2. The first-order valence-electron chi connectivity index (χ1n) is 10.7. The van der Waals surface area contributed by atoms with E-state index in [9.17, 15) is 9.59 Å². The van der Waals surface area contributed by atoms with Gasteiger partial charge in [0.05, 0.1) is 11.8 Å². The fourth-order valence-electron chi connectivity index (χ4n) is 3.26. The Morgan fingerprint density at radius 1 is 0.971 bits per heavy atom. The van der Waals surface area contributed by atoms with Crippen LogP contribution in [0.3, 0.4) is 0 Å². The van der Waals surface area contributed by atoms with Crippen LogP contribution in [0.15, 0.2) is 94.5 Å². The maximum Gasteiger partial charge on any atom is 0.343 e. The second-order valence-corrected chi connectivity index (χ2v) is 8.90. The van der Waals surface area contributed by atoms with E-state index >= 15 is 0 Å². The van der Waals surface area contributed by atoms with Crippen LogP contribution in [0.25, 0.3) is 10.8 Å². The first-order valence-corrected chi connectivity index (χ1v) is 11.8. The number of nitrogens with one attached hydrogen (secondary N) is 1. The van der Waals surface area contributed by atoms with Crippen molar-refractivity contribution >= 4 is 56.4 Å². The van der Waals surface area contributed by atoms with Crippen molar-refractivity contribution in [3.05, 3.63) is 106 Å². The third-order valence-electron chi connectivity index (χ3n) is 5.08. The molecule has 0 saturated carbocycles. The highest BCUT2D eigenvalue weighted by Gasteiger charge is 2.16. The molecular formula is C27H20BrClN2O4. The Hall–Kier alpha value is -3.68. The standard InChI is InChI=1S/C27H20BrClN2O4/c1-17(34-22-13-9-20(28)10-14-22)26(32)31-30-16-24-23-5-3-2-4-18(23)8-15-25(24)35-27(33)19-6-11-21(29)12-7-19/h2-17H,1H3,(H,31,32)/b30-16-/t17-/m1/s1. The fourth-order valence-corrected chi connectivity index (χ4v) is 3.66. The molecule has 4 rings (SSSR count). The summed E-state index contributed by atoms with van der Waals surface area (Å²) in [7, 11) is 0. The number of hydrogen-bond acceptors (Lipinski definition) is 5. The van der Waals surface area contributed by atoms with Crippen molar-refractivity contribution in [3.8, 4) is 11.5 Å². The van der Waals surface area contributed by atoms with Gasteiger partial charge in [-0.15, -0.1) is 0 Å². The Bertz CT molecular complexity index is 1390. The summed E-state index contributed by atoms with van der Waals surface area (Å²) in [5, 5.41) is 6.36. The lowest BCUT2D eigenvalue weighted by Crippen LogP contribution is -2.33. The molecule has 0 unspecified atom stereocenters. The number of hydrazone groups is 1. The molecule has 1 N–H and O–H groups in total. The van der Waals surface area contributed by atoms with Crippen molar-refractivity contribution in [1.82, 2.24) is 5.43 Å². The summed E-state index contributed by atoms with van der Waals surface area (Å²) in [5.74, 6) is -0.0950. The molecule has 1 amide bonds. The number of esters is 1. The smallest absolute Gasteiger partial charge is 0.343 e. The molecule has 0 aromatic heterocycles. The highest BCUT2D eigenvalue weighted by molar-refractivity contribution is 9.10.